The Labute approximate surface area is 197 Å². The molecule has 2 aromatic carbocycles. The summed E-state index contributed by atoms with van der Waals surface area (Å²) in [6, 6.07) is 14.7. The van der Waals surface area contributed by atoms with Crippen molar-refractivity contribution in [3.63, 3.8) is 0 Å². The maximum atomic E-state index is 6.10. The predicted octanol–water partition coefficient (Wildman–Crippen LogP) is 7.63. The molecule has 4 aliphatic rings. The maximum Gasteiger partial charge on any atom is 0.148 e. The molecule has 1 N–H and O–H groups in total. The van der Waals surface area contributed by atoms with Crippen LogP contribution in [0.25, 0.3) is 0 Å². The van der Waals surface area contributed by atoms with E-state index in [2.05, 4.69) is 75.3 Å². The summed E-state index contributed by atoms with van der Waals surface area (Å²) < 4.78 is 8.12. The molecule has 4 aliphatic carbocycles. The molecule has 0 heterocycles. The highest BCUT2D eigenvalue weighted by Gasteiger charge is 2.59. The minimum absolute atomic E-state index is 0.324. The van der Waals surface area contributed by atoms with Gasteiger partial charge in [-0.15, -0.1) is 0 Å². The van der Waals surface area contributed by atoms with E-state index in [1.807, 2.05) is 18.2 Å². The molecule has 2 unspecified atom stereocenters. The van der Waals surface area contributed by atoms with Crippen molar-refractivity contribution in [1.82, 2.24) is 5.32 Å². The van der Waals surface area contributed by atoms with Crippen LogP contribution in [0.4, 0.5) is 0 Å². The van der Waals surface area contributed by atoms with Crippen LogP contribution in [0.15, 0.2) is 51.4 Å². The molecule has 0 aliphatic heterocycles. The first-order valence-corrected chi connectivity index (χ1v) is 12.7. The van der Waals surface area contributed by atoms with E-state index in [1.54, 1.807) is 0 Å². The molecule has 2 nitrogen and oxygen atoms in total. The Bertz CT molecular complexity index is 902. The molecule has 0 spiro atoms. The van der Waals surface area contributed by atoms with Gasteiger partial charge in [-0.25, -0.2) is 0 Å². The van der Waals surface area contributed by atoms with E-state index in [-0.39, 0.29) is 0 Å². The fourth-order valence-corrected chi connectivity index (χ4v) is 9.03. The van der Waals surface area contributed by atoms with Crippen LogP contribution in [0.3, 0.4) is 0 Å². The number of hydrogen-bond donors (Lipinski definition) is 1. The molecule has 30 heavy (non-hydrogen) atoms. The van der Waals surface area contributed by atoms with Gasteiger partial charge in [0.2, 0.25) is 0 Å². The zero-order chi connectivity index (χ0) is 21.0. The largest absolute Gasteiger partial charge is 0.487 e. The molecule has 2 aromatic rings. The Morgan fingerprint density at radius 2 is 1.53 bits per heavy atom. The molecule has 0 amide bonds. The van der Waals surface area contributed by atoms with Crippen molar-refractivity contribution in [1.29, 1.82) is 0 Å². The molecular formula is C26H31Br2NO. The van der Waals surface area contributed by atoms with E-state index >= 15 is 0 Å². The van der Waals surface area contributed by atoms with Crippen molar-refractivity contribution in [3.8, 4) is 5.75 Å². The summed E-state index contributed by atoms with van der Waals surface area (Å²) in [5, 5.41) is 4.04. The zero-order valence-electron chi connectivity index (χ0n) is 17.9. The molecule has 0 aromatic heterocycles. The molecule has 0 saturated heterocycles. The monoisotopic (exact) mass is 531 g/mol. The number of ether oxygens (including phenoxy) is 1. The number of halogens is 2. The quantitative estimate of drug-likeness (QED) is 0.413. The van der Waals surface area contributed by atoms with Crippen LogP contribution in [0.2, 0.25) is 0 Å². The summed E-state index contributed by atoms with van der Waals surface area (Å²) in [4.78, 5) is 0. The van der Waals surface area contributed by atoms with Crippen molar-refractivity contribution in [3.05, 3.63) is 62.5 Å². The number of nitrogens with one attached hydrogen (secondary N) is 1. The standard InChI is InChI=1S/C26H31Br2NO/c1-24-10-20-11-25(2,15-24)17-26(12-20,16-24)29-13-19-8-21(27)23(22(28)9-19)30-14-18-6-4-3-5-7-18/h3-9,20,29H,10-17H2,1-2H3/t20?,24-,25+,26?. The number of hydrogen-bond acceptors (Lipinski definition) is 2. The summed E-state index contributed by atoms with van der Waals surface area (Å²) >= 11 is 7.48. The van der Waals surface area contributed by atoms with Crippen molar-refractivity contribution >= 4 is 31.9 Å². The topological polar surface area (TPSA) is 21.3 Å². The van der Waals surface area contributed by atoms with Gasteiger partial charge in [0.15, 0.2) is 0 Å². The molecule has 4 fully saturated rings. The van der Waals surface area contributed by atoms with Gasteiger partial charge in [-0.2, -0.15) is 0 Å². The van der Waals surface area contributed by atoms with Gasteiger partial charge in [0.05, 0.1) is 8.95 Å². The van der Waals surface area contributed by atoms with Gasteiger partial charge >= 0.3 is 0 Å². The third-order valence-electron chi connectivity index (χ3n) is 7.58. The van der Waals surface area contributed by atoms with E-state index in [0.717, 1.165) is 27.2 Å². The van der Waals surface area contributed by atoms with Crippen LogP contribution in [-0.2, 0) is 13.2 Å². The third-order valence-corrected chi connectivity index (χ3v) is 8.76. The summed E-state index contributed by atoms with van der Waals surface area (Å²) in [6.07, 6.45) is 8.34. The first-order valence-electron chi connectivity index (χ1n) is 11.2. The van der Waals surface area contributed by atoms with Crippen molar-refractivity contribution in [2.75, 3.05) is 0 Å². The molecule has 4 saturated carbocycles. The Kier molecular flexibility index (Phi) is 5.35. The minimum atomic E-state index is 0.324. The smallest absolute Gasteiger partial charge is 0.148 e. The molecule has 4 bridgehead atoms. The first kappa shape index (κ1) is 21.0. The van der Waals surface area contributed by atoms with Gasteiger partial charge in [-0.3, -0.25) is 0 Å². The van der Waals surface area contributed by atoms with E-state index in [9.17, 15) is 0 Å². The summed E-state index contributed by atoms with van der Waals surface area (Å²) in [5.41, 5.74) is 3.87. The first-order chi connectivity index (χ1) is 14.3. The fourth-order valence-electron chi connectivity index (χ4n) is 7.52. The Balaban J connectivity index is 1.28. The molecule has 160 valence electrons. The second kappa shape index (κ2) is 7.64. The average molecular weight is 533 g/mol. The lowest BCUT2D eigenvalue weighted by molar-refractivity contribution is -0.118. The summed E-state index contributed by atoms with van der Waals surface area (Å²) in [7, 11) is 0. The predicted molar refractivity (Wildman–Crippen MR) is 130 cm³/mol. The molecular weight excluding hydrogens is 502 g/mol. The Morgan fingerprint density at radius 3 is 2.13 bits per heavy atom. The van der Waals surface area contributed by atoms with Crippen molar-refractivity contribution < 1.29 is 4.74 Å². The molecule has 0 radical (unpaired) electrons. The maximum absolute atomic E-state index is 6.10. The zero-order valence-corrected chi connectivity index (χ0v) is 21.1. The van der Waals surface area contributed by atoms with Crippen molar-refractivity contribution in [2.24, 2.45) is 16.7 Å². The van der Waals surface area contributed by atoms with Gasteiger partial charge in [0.25, 0.3) is 0 Å². The summed E-state index contributed by atoms with van der Waals surface area (Å²) in [5.74, 6) is 1.79. The number of benzene rings is 2. The molecule has 4 atom stereocenters. The SMILES string of the molecule is C[C@]12CC3CC(NCc4cc(Br)c(OCc5ccccc5)c(Br)c4)(C1)C[C@@](C)(C3)C2. The number of rotatable bonds is 6. The van der Waals surface area contributed by atoms with Crippen LogP contribution < -0.4 is 10.1 Å². The van der Waals surface area contributed by atoms with Gasteiger partial charge in [0, 0.05) is 12.1 Å². The van der Waals surface area contributed by atoms with Gasteiger partial charge in [-0.05, 0) is 110 Å². The third kappa shape index (κ3) is 4.12. The van der Waals surface area contributed by atoms with E-state index in [0.29, 0.717) is 23.0 Å². The van der Waals surface area contributed by atoms with Crippen LogP contribution in [0.1, 0.15) is 63.5 Å². The van der Waals surface area contributed by atoms with Gasteiger partial charge < -0.3 is 10.1 Å². The van der Waals surface area contributed by atoms with Crippen LogP contribution >= 0.6 is 31.9 Å². The minimum Gasteiger partial charge on any atom is -0.487 e. The van der Waals surface area contributed by atoms with Gasteiger partial charge in [-0.1, -0.05) is 44.2 Å². The normalized spacial score (nSPS) is 34.3. The van der Waals surface area contributed by atoms with Crippen LogP contribution in [0, 0.1) is 16.7 Å². The lowest BCUT2D eigenvalue weighted by atomic mass is 9.43. The lowest BCUT2D eigenvalue weighted by Crippen LogP contribution is -2.63. The van der Waals surface area contributed by atoms with Crippen LogP contribution in [-0.4, -0.2) is 5.54 Å². The fraction of sp³-hybridized carbons (Fsp3) is 0.538. The summed E-state index contributed by atoms with van der Waals surface area (Å²) in [6.45, 7) is 6.56. The van der Waals surface area contributed by atoms with Crippen molar-refractivity contribution in [2.45, 2.75) is 71.1 Å². The van der Waals surface area contributed by atoms with Crippen LogP contribution in [0.5, 0.6) is 5.75 Å². The van der Waals surface area contributed by atoms with E-state index < -0.39 is 0 Å². The highest BCUT2D eigenvalue weighted by atomic mass is 79.9. The highest BCUT2D eigenvalue weighted by Crippen LogP contribution is 2.66. The highest BCUT2D eigenvalue weighted by molar-refractivity contribution is 9.11. The van der Waals surface area contributed by atoms with Gasteiger partial charge in [0.1, 0.15) is 12.4 Å². The van der Waals surface area contributed by atoms with E-state index in [4.69, 9.17) is 4.74 Å². The Hall–Kier alpha value is -0.840. The average Bonchev–Trinajstić information content (AvgIpc) is 2.64. The second-order valence-corrected chi connectivity index (χ2v) is 12.6. The second-order valence-electron chi connectivity index (χ2n) is 10.9. The Morgan fingerprint density at radius 1 is 0.900 bits per heavy atom. The lowest BCUT2D eigenvalue weighted by Gasteiger charge is -2.65. The molecule has 6 rings (SSSR count). The van der Waals surface area contributed by atoms with E-state index in [1.165, 1.54) is 49.7 Å². The molecule has 4 heteroatoms.